The summed E-state index contributed by atoms with van der Waals surface area (Å²) < 4.78 is 53.5. The second-order valence-corrected chi connectivity index (χ2v) is 6.68. The van der Waals surface area contributed by atoms with Crippen LogP contribution in [0.4, 0.5) is 13.2 Å². The minimum Gasteiger partial charge on any atom is -0.463 e. The molecule has 2 atom stereocenters. The molecule has 0 unspecified atom stereocenters. The van der Waals surface area contributed by atoms with Crippen molar-refractivity contribution in [3.8, 4) is 0 Å². The van der Waals surface area contributed by atoms with Crippen LogP contribution in [0.15, 0.2) is 66.2 Å². The fourth-order valence-corrected chi connectivity index (χ4v) is 3.31. The molecule has 148 valence electrons. The summed E-state index contributed by atoms with van der Waals surface area (Å²) in [6.45, 7) is 3.64. The lowest BCUT2D eigenvalue weighted by atomic mass is 9.84. The number of alkyl halides is 3. The van der Waals surface area contributed by atoms with Gasteiger partial charge in [-0.2, -0.15) is 13.2 Å². The number of carbonyl (C=O) groups is 1. The van der Waals surface area contributed by atoms with E-state index in [9.17, 15) is 18.0 Å². The average Bonchev–Trinajstić information content (AvgIpc) is 2.68. The molecule has 1 aliphatic rings. The quantitative estimate of drug-likeness (QED) is 0.656. The Bertz CT molecular complexity index is 857. The van der Waals surface area contributed by atoms with E-state index in [-0.39, 0.29) is 17.7 Å². The SMILES string of the molecule is CCOC(=O)C1=CC[C@@](c2ccccc2)(C(F)(F)F)O[C@@H]1c1ccc(C)cc1. The number of rotatable bonds is 4. The van der Waals surface area contributed by atoms with Crippen LogP contribution >= 0.6 is 0 Å². The van der Waals surface area contributed by atoms with Gasteiger partial charge in [0.25, 0.3) is 0 Å². The number of esters is 1. The van der Waals surface area contributed by atoms with Crippen LogP contribution in [0.5, 0.6) is 0 Å². The minimum absolute atomic E-state index is 0.00114. The van der Waals surface area contributed by atoms with Crippen molar-refractivity contribution in [1.82, 2.24) is 0 Å². The molecule has 3 nitrogen and oxygen atoms in total. The third-order valence-electron chi connectivity index (χ3n) is 4.80. The Kier molecular flexibility index (Phi) is 5.61. The van der Waals surface area contributed by atoms with Crippen LogP contribution in [0.25, 0.3) is 0 Å². The van der Waals surface area contributed by atoms with Gasteiger partial charge < -0.3 is 9.47 Å². The highest BCUT2D eigenvalue weighted by Gasteiger charge is 2.59. The van der Waals surface area contributed by atoms with E-state index < -0.39 is 30.3 Å². The highest BCUT2D eigenvalue weighted by molar-refractivity contribution is 5.90. The lowest BCUT2D eigenvalue weighted by Gasteiger charge is -2.42. The Morgan fingerprint density at radius 3 is 2.36 bits per heavy atom. The van der Waals surface area contributed by atoms with E-state index in [2.05, 4.69) is 0 Å². The van der Waals surface area contributed by atoms with E-state index in [1.165, 1.54) is 30.3 Å². The van der Waals surface area contributed by atoms with Gasteiger partial charge in [-0.1, -0.05) is 66.2 Å². The van der Waals surface area contributed by atoms with Crippen LogP contribution in [-0.4, -0.2) is 18.8 Å². The summed E-state index contributed by atoms with van der Waals surface area (Å²) in [7, 11) is 0. The third-order valence-corrected chi connectivity index (χ3v) is 4.80. The van der Waals surface area contributed by atoms with E-state index in [0.717, 1.165) is 5.56 Å². The van der Waals surface area contributed by atoms with Gasteiger partial charge in [0.2, 0.25) is 0 Å². The van der Waals surface area contributed by atoms with E-state index >= 15 is 0 Å². The summed E-state index contributed by atoms with van der Waals surface area (Å²) in [4.78, 5) is 12.4. The molecule has 0 saturated heterocycles. The molecule has 6 heteroatoms. The monoisotopic (exact) mass is 390 g/mol. The van der Waals surface area contributed by atoms with E-state index in [1.807, 2.05) is 6.92 Å². The number of hydrogen-bond acceptors (Lipinski definition) is 3. The molecule has 0 saturated carbocycles. The summed E-state index contributed by atoms with van der Waals surface area (Å²) in [5.41, 5.74) is -1.04. The molecular formula is C22H21F3O3. The van der Waals surface area contributed by atoms with Gasteiger partial charge in [-0.25, -0.2) is 4.79 Å². The van der Waals surface area contributed by atoms with E-state index in [1.54, 1.807) is 37.3 Å². The Morgan fingerprint density at radius 1 is 1.14 bits per heavy atom. The molecule has 3 rings (SSSR count). The molecule has 1 aliphatic heterocycles. The fourth-order valence-electron chi connectivity index (χ4n) is 3.31. The van der Waals surface area contributed by atoms with Crippen molar-refractivity contribution in [3.63, 3.8) is 0 Å². The zero-order chi connectivity index (χ0) is 20.4. The molecule has 0 spiro atoms. The maximum absolute atomic E-state index is 14.2. The second kappa shape index (κ2) is 7.80. The summed E-state index contributed by atoms with van der Waals surface area (Å²) in [6, 6.07) is 14.4. The zero-order valence-corrected chi connectivity index (χ0v) is 15.6. The van der Waals surface area contributed by atoms with Crippen molar-refractivity contribution in [2.75, 3.05) is 6.61 Å². The van der Waals surface area contributed by atoms with Gasteiger partial charge in [0.05, 0.1) is 12.2 Å². The lowest BCUT2D eigenvalue weighted by Crippen LogP contribution is -2.48. The first kappa shape index (κ1) is 20.1. The zero-order valence-electron chi connectivity index (χ0n) is 15.6. The van der Waals surface area contributed by atoms with Crippen LogP contribution < -0.4 is 0 Å². The molecule has 0 aliphatic carbocycles. The predicted molar refractivity (Wildman–Crippen MR) is 98.5 cm³/mol. The Hall–Kier alpha value is -2.60. The maximum atomic E-state index is 14.2. The number of aryl methyl sites for hydroxylation is 1. The van der Waals surface area contributed by atoms with Crippen molar-refractivity contribution in [3.05, 3.63) is 82.9 Å². The Balaban J connectivity index is 2.13. The van der Waals surface area contributed by atoms with Gasteiger partial charge in [-0.15, -0.1) is 0 Å². The van der Waals surface area contributed by atoms with Gasteiger partial charge in [-0.05, 0) is 25.0 Å². The number of carbonyl (C=O) groups excluding carboxylic acids is 1. The first-order valence-corrected chi connectivity index (χ1v) is 9.02. The number of benzene rings is 2. The summed E-state index contributed by atoms with van der Waals surface area (Å²) >= 11 is 0. The van der Waals surface area contributed by atoms with Crippen molar-refractivity contribution in [2.24, 2.45) is 0 Å². The first-order valence-electron chi connectivity index (χ1n) is 9.02. The Morgan fingerprint density at radius 2 is 1.79 bits per heavy atom. The molecule has 0 fully saturated rings. The average molecular weight is 390 g/mol. The third kappa shape index (κ3) is 3.69. The molecule has 0 aromatic heterocycles. The summed E-state index contributed by atoms with van der Waals surface area (Å²) in [5.74, 6) is -0.670. The molecule has 0 radical (unpaired) electrons. The second-order valence-electron chi connectivity index (χ2n) is 6.68. The smallest absolute Gasteiger partial charge is 0.422 e. The van der Waals surface area contributed by atoms with Gasteiger partial charge in [-0.3, -0.25) is 0 Å². The molecule has 28 heavy (non-hydrogen) atoms. The standard InChI is InChI=1S/C22H21F3O3/c1-3-27-20(26)18-13-14-21(22(23,24)25,17-7-5-4-6-8-17)28-19(18)16-11-9-15(2)10-12-16/h4-13,19H,3,14H2,1-2H3/t19-,21-/m1/s1. The van der Waals surface area contributed by atoms with Gasteiger partial charge in [0.15, 0.2) is 5.60 Å². The summed E-state index contributed by atoms with van der Waals surface area (Å²) in [5, 5.41) is 0. The molecule has 0 N–H and O–H groups in total. The minimum atomic E-state index is -4.67. The highest BCUT2D eigenvalue weighted by Crippen LogP contribution is 2.52. The van der Waals surface area contributed by atoms with Gasteiger partial charge in [0.1, 0.15) is 6.10 Å². The molecular weight excluding hydrogens is 369 g/mol. The fraction of sp³-hybridized carbons (Fsp3) is 0.318. The van der Waals surface area contributed by atoms with Crippen LogP contribution in [0.2, 0.25) is 0 Å². The topological polar surface area (TPSA) is 35.5 Å². The van der Waals surface area contributed by atoms with Crippen molar-refractivity contribution in [2.45, 2.75) is 38.1 Å². The molecule has 2 aromatic rings. The van der Waals surface area contributed by atoms with Crippen LogP contribution in [0, 0.1) is 6.92 Å². The van der Waals surface area contributed by atoms with Crippen molar-refractivity contribution >= 4 is 5.97 Å². The van der Waals surface area contributed by atoms with E-state index in [4.69, 9.17) is 9.47 Å². The van der Waals surface area contributed by atoms with Gasteiger partial charge >= 0.3 is 12.1 Å². The van der Waals surface area contributed by atoms with Crippen molar-refractivity contribution in [1.29, 1.82) is 0 Å². The summed E-state index contributed by atoms with van der Waals surface area (Å²) in [6.07, 6.45) is -5.06. The molecule has 0 amide bonds. The van der Waals surface area contributed by atoms with Crippen LogP contribution in [0.3, 0.4) is 0 Å². The molecule has 1 heterocycles. The number of ether oxygens (including phenoxy) is 2. The van der Waals surface area contributed by atoms with E-state index in [0.29, 0.717) is 5.56 Å². The normalized spacial score (nSPS) is 22.5. The van der Waals surface area contributed by atoms with Crippen LogP contribution in [-0.2, 0) is 19.9 Å². The van der Waals surface area contributed by atoms with Crippen molar-refractivity contribution < 1.29 is 27.4 Å². The molecule has 0 bridgehead atoms. The first-order chi connectivity index (χ1) is 13.3. The van der Waals surface area contributed by atoms with Gasteiger partial charge in [0, 0.05) is 6.42 Å². The number of halogens is 3. The number of hydrogen-bond donors (Lipinski definition) is 0. The van der Waals surface area contributed by atoms with Crippen LogP contribution in [0.1, 0.15) is 36.1 Å². The largest absolute Gasteiger partial charge is 0.463 e. The molecule has 2 aromatic carbocycles. The Labute approximate surface area is 161 Å². The highest BCUT2D eigenvalue weighted by atomic mass is 19.4. The lowest BCUT2D eigenvalue weighted by molar-refractivity contribution is -0.298. The maximum Gasteiger partial charge on any atom is 0.422 e. The predicted octanol–water partition coefficient (Wildman–Crippen LogP) is 5.40.